The van der Waals surface area contributed by atoms with E-state index in [1.807, 2.05) is 6.92 Å². The van der Waals surface area contributed by atoms with E-state index in [2.05, 4.69) is 30.6 Å². The fraction of sp³-hybridized carbons (Fsp3) is 0.560. The zero-order chi connectivity index (χ0) is 27.2. The Bertz CT molecular complexity index is 1270. The summed E-state index contributed by atoms with van der Waals surface area (Å²) < 4.78 is 59.3. The quantitative estimate of drug-likeness (QED) is 0.374. The van der Waals surface area contributed by atoms with Crippen molar-refractivity contribution in [2.75, 3.05) is 25.0 Å². The molecule has 0 unspecified atom stereocenters. The molecule has 38 heavy (non-hydrogen) atoms. The van der Waals surface area contributed by atoms with E-state index in [-0.39, 0.29) is 36.2 Å². The highest BCUT2D eigenvalue weighted by Gasteiger charge is 2.54. The number of alkyl carbamates (subject to hydrolysis) is 1. The Labute approximate surface area is 220 Å². The van der Waals surface area contributed by atoms with Gasteiger partial charge in [-0.25, -0.2) is 36.7 Å². The molecule has 1 amide bonds. The minimum atomic E-state index is -3.61. The molecule has 0 bridgehead atoms. The summed E-state index contributed by atoms with van der Waals surface area (Å²) in [5.41, 5.74) is 0.266. The molecule has 13 heteroatoms. The Hall–Kier alpha value is -2.90. The SMILES string of the molecule is CC1(NC(=O)OCC2CC(c3cnc(Nc4ccc(S(=O)(=O)NC5(C)CNC5)cc4)nc3)C2)CC(F)(F)C1. The number of sulfonamides is 1. The van der Waals surface area contributed by atoms with Crippen molar-refractivity contribution in [3.63, 3.8) is 0 Å². The number of nitrogens with one attached hydrogen (secondary N) is 4. The second-order valence-electron chi connectivity index (χ2n) is 11.3. The van der Waals surface area contributed by atoms with Gasteiger partial charge >= 0.3 is 6.09 Å². The van der Waals surface area contributed by atoms with Gasteiger partial charge in [-0.3, -0.25) is 0 Å². The van der Waals surface area contributed by atoms with Crippen LogP contribution in [0.25, 0.3) is 0 Å². The number of amides is 1. The number of hydrogen-bond acceptors (Lipinski definition) is 8. The molecule has 1 aromatic carbocycles. The van der Waals surface area contributed by atoms with Crippen LogP contribution in [0.15, 0.2) is 41.6 Å². The highest BCUT2D eigenvalue weighted by molar-refractivity contribution is 7.89. The smallest absolute Gasteiger partial charge is 0.407 e. The molecule has 2 aliphatic carbocycles. The predicted octanol–water partition coefficient (Wildman–Crippen LogP) is 3.27. The molecule has 4 N–H and O–H groups in total. The highest BCUT2D eigenvalue weighted by atomic mass is 32.2. The summed E-state index contributed by atoms with van der Waals surface area (Å²) in [7, 11) is -3.61. The molecule has 2 saturated carbocycles. The number of alkyl halides is 2. The molecular weight excluding hydrogens is 518 g/mol. The number of ether oxygens (including phenoxy) is 1. The largest absolute Gasteiger partial charge is 0.449 e. The van der Waals surface area contributed by atoms with E-state index in [1.165, 1.54) is 12.1 Å². The monoisotopic (exact) mass is 550 g/mol. The van der Waals surface area contributed by atoms with Crippen LogP contribution >= 0.6 is 0 Å². The molecular formula is C25H32F2N6O4S. The Morgan fingerprint density at radius 3 is 2.26 bits per heavy atom. The summed E-state index contributed by atoms with van der Waals surface area (Å²) >= 11 is 0. The second kappa shape index (κ2) is 9.69. The fourth-order valence-corrected chi connectivity index (χ4v) is 6.62. The average molecular weight is 551 g/mol. The van der Waals surface area contributed by atoms with E-state index in [0.29, 0.717) is 24.7 Å². The molecule has 1 aromatic heterocycles. The molecule has 1 aliphatic heterocycles. The van der Waals surface area contributed by atoms with Gasteiger partial charge in [-0.15, -0.1) is 0 Å². The molecule has 0 spiro atoms. The van der Waals surface area contributed by atoms with E-state index >= 15 is 0 Å². The Morgan fingerprint density at radius 2 is 1.71 bits per heavy atom. The number of nitrogens with zero attached hydrogens (tertiary/aromatic N) is 2. The number of anilines is 2. The van der Waals surface area contributed by atoms with Gasteiger partial charge in [0.05, 0.1) is 22.6 Å². The van der Waals surface area contributed by atoms with Crippen LogP contribution in [-0.2, 0) is 14.8 Å². The maximum absolute atomic E-state index is 13.1. The summed E-state index contributed by atoms with van der Waals surface area (Å²) in [6, 6.07) is 6.40. The van der Waals surface area contributed by atoms with Crippen LogP contribution in [0.2, 0.25) is 0 Å². The van der Waals surface area contributed by atoms with Crippen molar-refractivity contribution >= 4 is 27.8 Å². The molecule has 1 saturated heterocycles. The summed E-state index contributed by atoms with van der Waals surface area (Å²) in [5.74, 6) is -1.87. The standard InChI is InChI=1S/C25H32F2N6O4S/c1-23(12-25(26,27)13-23)32-22(34)37-11-16-7-17(8-16)18-9-29-21(30-10-18)31-19-3-5-20(6-4-19)38(35,36)33-24(2)14-28-15-24/h3-6,9-10,16-17,28,33H,7-8,11-15H2,1-2H3,(H,32,34)(H,29,30,31). The summed E-state index contributed by atoms with van der Waals surface area (Å²) in [4.78, 5) is 20.9. The minimum absolute atomic E-state index is 0.187. The van der Waals surface area contributed by atoms with Gasteiger partial charge in [0.25, 0.3) is 5.92 Å². The number of carbonyl (C=O) groups excluding carboxylic acids is 1. The predicted molar refractivity (Wildman–Crippen MR) is 136 cm³/mol. The lowest BCUT2D eigenvalue weighted by Gasteiger charge is -2.44. The third kappa shape index (κ3) is 6.05. The van der Waals surface area contributed by atoms with Crippen LogP contribution in [0.1, 0.15) is 51.0 Å². The second-order valence-corrected chi connectivity index (χ2v) is 13.0. The molecule has 3 aliphatic rings. The molecule has 10 nitrogen and oxygen atoms in total. The van der Waals surface area contributed by atoms with E-state index in [1.54, 1.807) is 31.5 Å². The lowest BCUT2D eigenvalue weighted by molar-refractivity contribution is -0.125. The van der Waals surface area contributed by atoms with Crippen LogP contribution in [-0.4, -0.2) is 61.2 Å². The number of rotatable bonds is 9. The first-order valence-electron chi connectivity index (χ1n) is 12.6. The zero-order valence-electron chi connectivity index (χ0n) is 21.3. The molecule has 0 radical (unpaired) electrons. The summed E-state index contributed by atoms with van der Waals surface area (Å²) in [5, 5.41) is 8.68. The van der Waals surface area contributed by atoms with Crippen LogP contribution in [0, 0.1) is 5.92 Å². The number of carbonyl (C=O) groups is 1. The van der Waals surface area contributed by atoms with Crippen molar-refractivity contribution in [2.45, 2.75) is 67.3 Å². The van der Waals surface area contributed by atoms with E-state index in [9.17, 15) is 22.0 Å². The van der Waals surface area contributed by atoms with Crippen molar-refractivity contribution in [3.8, 4) is 0 Å². The van der Waals surface area contributed by atoms with Gasteiger partial charge in [-0.2, -0.15) is 0 Å². The number of benzene rings is 1. The maximum atomic E-state index is 13.1. The van der Waals surface area contributed by atoms with Gasteiger partial charge in [0.1, 0.15) is 0 Å². The first-order chi connectivity index (χ1) is 17.8. The van der Waals surface area contributed by atoms with Crippen LogP contribution in [0.3, 0.4) is 0 Å². The van der Waals surface area contributed by atoms with Gasteiger partial charge < -0.3 is 20.7 Å². The van der Waals surface area contributed by atoms with Crippen molar-refractivity contribution in [1.29, 1.82) is 0 Å². The lowest BCUT2D eigenvalue weighted by Crippen LogP contribution is -2.66. The van der Waals surface area contributed by atoms with Crippen molar-refractivity contribution < 1.29 is 26.7 Å². The van der Waals surface area contributed by atoms with Gasteiger partial charge in [0, 0.05) is 44.0 Å². The van der Waals surface area contributed by atoms with Gasteiger partial charge in [-0.1, -0.05) is 0 Å². The number of halogens is 2. The van der Waals surface area contributed by atoms with Crippen LogP contribution < -0.4 is 20.7 Å². The molecule has 0 atom stereocenters. The minimum Gasteiger partial charge on any atom is -0.449 e. The third-order valence-corrected chi connectivity index (χ3v) is 9.02. The first-order valence-corrected chi connectivity index (χ1v) is 14.1. The number of hydrogen-bond donors (Lipinski definition) is 4. The van der Waals surface area contributed by atoms with E-state index in [4.69, 9.17) is 4.74 Å². The van der Waals surface area contributed by atoms with E-state index in [0.717, 1.165) is 18.4 Å². The maximum Gasteiger partial charge on any atom is 0.407 e. The molecule has 2 aromatic rings. The average Bonchev–Trinajstić information content (AvgIpc) is 2.76. The number of aromatic nitrogens is 2. The Morgan fingerprint density at radius 1 is 1.08 bits per heavy atom. The third-order valence-electron chi connectivity index (χ3n) is 7.36. The topological polar surface area (TPSA) is 134 Å². The van der Waals surface area contributed by atoms with Crippen LogP contribution in [0.5, 0.6) is 0 Å². The van der Waals surface area contributed by atoms with Gasteiger partial charge in [0.2, 0.25) is 16.0 Å². The Balaban J connectivity index is 1.05. The lowest BCUT2D eigenvalue weighted by atomic mass is 9.72. The van der Waals surface area contributed by atoms with Crippen molar-refractivity contribution in [2.24, 2.45) is 5.92 Å². The van der Waals surface area contributed by atoms with Gasteiger partial charge in [-0.05, 0) is 68.4 Å². The molecule has 2 heterocycles. The van der Waals surface area contributed by atoms with Crippen LogP contribution in [0.4, 0.5) is 25.2 Å². The normalized spacial score (nSPS) is 24.7. The van der Waals surface area contributed by atoms with Crippen molar-refractivity contribution in [1.82, 2.24) is 25.3 Å². The molecule has 5 rings (SSSR count). The van der Waals surface area contributed by atoms with Gasteiger partial charge in [0.15, 0.2) is 0 Å². The highest BCUT2D eigenvalue weighted by Crippen LogP contribution is 2.45. The van der Waals surface area contributed by atoms with Crippen molar-refractivity contribution in [3.05, 3.63) is 42.2 Å². The van der Waals surface area contributed by atoms with E-state index < -0.39 is 33.1 Å². The summed E-state index contributed by atoms with van der Waals surface area (Å²) in [6.07, 6.45) is 3.74. The first kappa shape index (κ1) is 26.7. The molecule has 3 fully saturated rings. The molecule has 206 valence electrons. The summed E-state index contributed by atoms with van der Waals surface area (Å²) in [6.45, 7) is 4.88. The fourth-order valence-electron chi connectivity index (χ4n) is 5.21. The zero-order valence-corrected chi connectivity index (χ0v) is 22.1. The Kier molecular flexibility index (Phi) is 6.81.